The average molecular weight is 221 g/mol. The van der Waals surface area contributed by atoms with Crippen LogP contribution < -0.4 is 0 Å². The molecule has 0 amide bonds. The fourth-order valence-corrected chi connectivity index (χ4v) is 2.42. The zero-order chi connectivity index (χ0) is 11.7. The number of hydrogen-bond donors (Lipinski definition) is 0. The highest BCUT2D eigenvalue weighted by atomic mass is 14.6. The highest BCUT2D eigenvalue weighted by Gasteiger charge is 2.15. The molecule has 0 atom stereocenters. The Hall–Kier alpha value is -1.89. The average Bonchev–Trinajstić information content (AvgIpc) is 2.73. The SMILES string of the molecule is Cc1ccc2c(c1)/C(=C/c1cccnc1)CC2. The first kappa shape index (κ1) is 10.3. The number of fused-ring (bicyclic) bond motifs is 1. The van der Waals surface area contributed by atoms with Crippen LogP contribution >= 0.6 is 0 Å². The van der Waals surface area contributed by atoms with Crippen molar-refractivity contribution in [3.63, 3.8) is 0 Å². The molecule has 3 rings (SSSR count). The zero-order valence-electron chi connectivity index (χ0n) is 9.98. The van der Waals surface area contributed by atoms with Crippen LogP contribution in [0.2, 0.25) is 0 Å². The van der Waals surface area contributed by atoms with E-state index in [-0.39, 0.29) is 0 Å². The molecule has 2 aromatic rings. The van der Waals surface area contributed by atoms with E-state index in [1.54, 1.807) is 0 Å². The normalized spacial score (nSPS) is 16.2. The van der Waals surface area contributed by atoms with Crippen LogP contribution in [0.15, 0.2) is 42.7 Å². The van der Waals surface area contributed by atoms with Gasteiger partial charge in [0.25, 0.3) is 0 Å². The van der Waals surface area contributed by atoms with E-state index in [1.807, 2.05) is 18.5 Å². The molecule has 1 heterocycles. The van der Waals surface area contributed by atoms with Gasteiger partial charge in [0.05, 0.1) is 0 Å². The zero-order valence-corrected chi connectivity index (χ0v) is 9.98. The molecule has 84 valence electrons. The summed E-state index contributed by atoms with van der Waals surface area (Å²) in [5.74, 6) is 0. The number of pyridine rings is 1. The van der Waals surface area contributed by atoms with Crippen molar-refractivity contribution in [1.82, 2.24) is 4.98 Å². The van der Waals surface area contributed by atoms with E-state index in [2.05, 4.69) is 42.2 Å². The number of benzene rings is 1. The van der Waals surface area contributed by atoms with Crippen LogP contribution in [0.5, 0.6) is 0 Å². The minimum absolute atomic E-state index is 1.15. The predicted molar refractivity (Wildman–Crippen MR) is 71.6 cm³/mol. The molecule has 17 heavy (non-hydrogen) atoms. The third-order valence-corrected chi connectivity index (χ3v) is 3.30. The molecular formula is C16H15N. The Morgan fingerprint density at radius 2 is 2.12 bits per heavy atom. The lowest BCUT2D eigenvalue weighted by Gasteiger charge is -2.03. The fourth-order valence-electron chi connectivity index (χ4n) is 2.42. The van der Waals surface area contributed by atoms with Gasteiger partial charge in [-0.05, 0) is 54.2 Å². The van der Waals surface area contributed by atoms with Crippen molar-refractivity contribution in [3.05, 3.63) is 65.0 Å². The molecule has 1 heteroatoms. The number of rotatable bonds is 1. The summed E-state index contributed by atoms with van der Waals surface area (Å²) in [4.78, 5) is 4.16. The van der Waals surface area contributed by atoms with Gasteiger partial charge < -0.3 is 0 Å². The van der Waals surface area contributed by atoms with E-state index in [4.69, 9.17) is 0 Å². The van der Waals surface area contributed by atoms with Gasteiger partial charge in [-0.1, -0.05) is 29.8 Å². The third kappa shape index (κ3) is 2.01. The summed E-state index contributed by atoms with van der Waals surface area (Å²) < 4.78 is 0. The molecule has 0 unspecified atom stereocenters. The Balaban J connectivity index is 2.04. The molecule has 0 spiro atoms. The van der Waals surface area contributed by atoms with Gasteiger partial charge in [-0.2, -0.15) is 0 Å². The molecule has 1 aliphatic carbocycles. The first-order valence-corrected chi connectivity index (χ1v) is 6.03. The number of hydrogen-bond acceptors (Lipinski definition) is 1. The van der Waals surface area contributed by atoms with Crippen LogP contribution in [-0.2, 0) is 6.42 Å². The van der Waals surface area contributed by atoms with Gasteiger partial charge in [-0.3, -0.25) is 4.98 Å². The Bertz CT molecular complexity index is 567. The van der Waals surface area contributed by atoms with Gasteiger partial charge >= 0.3 is 0 Å². The highest BCUT2D eigenvalue weighted by Crippen LogP contribution is 2.34. The lowest BCUT2D eigenvalue weighted by molar-refractivity contribution is 1.08. The van der Waals surface area contributed by atoms with Crippen molar-refractivity contribution in [2.45, 2.75) is 19.8 Å². The van der Waals surface area contributed by atoms with Crippen molar-refractivity contribution in [1.29, 1.82) is 0 Å². The first-order chi connectivity index (χ1) is 8.33. The molecule has 1 aliphatic rings. The van der Waals surface area contributed by atoms with Crippen LogP contribution in [0.3, 0.4) is 0 Å². The molecule has 0 bridgehead atoms. The van der Waals surface area contributed by atoms with Gasteiger partial charge in [0.15, 0.2) is 0 Å². The molecule has 0 radical (unpaired) electrons. The summed E-state index contributed by atoms with van der Waals surface area (Å²) in [6.07, 6.45) is 8.31. The topological polar surface area (TPSA) is 12.9 Å². The molecule has 0 fully saturated rings. The van der Waals surface area contributed by atoms with E-state index in [0.717, 1.165) is 6.42 Å². The first-order valence-electron chi connectivity index (χ1n) is 6.03. The summed E-state index contributed by atoms with van der Waals surface area (Å²) >= 11 is 0. The lowest BCUT2D eigenvalue weighted by atomic mass is 10.0. The monoisotopic (exact) mass is 221 g/mol. The maximum absolute atomic E-state index is 4.16. The second kappa shape index (κ2) is 4.17. The van der Waals surface area contributed by atoms with E-state index in [0.29, 0.717) is 0 Å². The molecule has 0 aliphatic heterocycles. The lowest BCUT2D eigenvalue weighted by Crippen LogP contribution is -1.83. The molecule has 0 saturated carbocycles. The van der Waals surface area contributed by atoms with Crippen LogP contribution in [0, 0.1) is 6.92 Å². The van der Waals surface area contributed by atoms with E-state index >= 15 is 0 Å². The van der Waals surface area contributed by atoms with E-state index in [9.17, 15) is 0 Å². The maximum Gasteiger partial charge on any atom is 0.0340 e. The highest BCUT2D eigenvalue weighted by molar-refractivity contribution is 5.85. The largest absolute Gasteiger partial charge is 0.264 e. The van der Waals surface area contributed by atoms with Gasteiger partial charge in [-0.25, -0.2) is 0 Å². The van der Waals surface area contributed by atoms with Gasteiger partial charge in [0.1, 0.15) is 0 Å². The number of nitrogens with zero attached hydrogens (tertiary/aromatic N) is 1. The minimum Gasteiger partial charge on any atom is -0.264 e. The van der Waals surface area contributed by atoms with Crippen molar-refractivity contribution >= 4 is 11.6 Å². The van der Waals surface area contributed by atoms with Crippen LogP contribution in [-0.4, -0.2) is 4.98 Å². The molecular weight excluding hydrogens is 206 g/mol. The molecule has 0 saturated heterocycles. The standard InChI is InChI=1S/C16H15N/c1-12-4-5-14-6-7-15(16(14)9-12)10-13-3-2-8-17-11-13/h2-5,8-11H,6-7H2,1H3/b15-10+. The van der Waals surface area contributed by atoms with Gasteiger partial charge in [0.2, 0.25) is 0 Å². The van der Waals surface area contributed by atoms with Crippen molar-refractivity contribution in [3.8, 4) is 0 Å². The Labute approximate surface area is 102 Å². The second-order valence-corrected chi connectivity index (χ2v) is 4.62. The van der Waals surface area contributed by atoms with Gasteiger partial charge in [-0.15, -0.1) is 0 Å². The molecule has 1 aromatic carbocycles. The third-order valence-electron chi connectivity index (χ3n) is 3.30. The van der Waals surface area contributed by atoms with Crippen molar-refractivity contribution in [2.75, 3.05) is 0 Å². The second-order valence-electron chi connectivity index (χ2n) is 4.62. The Morgan fingerprint density at radius 3 is 2.94 bits per heavy atom. The van der Waals surface area contributed by atoms with Crippen LogP contribution in [0.25, 0.3) is 11.6 Å². The minimum atomic E-state index is 1.15. The summed E-state index contributed by atoms with van der Waals surface area (Å²) in [6, 6.07) is 10.8. The summed E-state index contributed by atoms with van der Waals surface area (Å²) in [5, 5.41) is 0. The quantitative estimate of drug-likeness (QED) is 0.712. The van der Waals surface area contributed by atoms with Crippen molar-refractivity contribution < 1.29 is 0 Å². The van der Waals surface area contributed by atoms with E-state index in [1.165, 1.54) is 34.2 Å². The summed E-state index contributed by atoms with van der Waals surface area (Å²) in [7, 11) is 0. The predicted octanol–water partition coefficient (Wildman–Crippen LogP) is 3.88. The number of aryl methyl sites for hydroxylation is 2. The molecule has 0 N–H and O–H groups in total. The van der Waals surface area contributed by atoms with Crippen molar-refractivity contribution in [2.24, 2.45) is 0 Å². The number of allylic oxidation sites excluding steroid dienone is 1. The Morgan fingerprint density at radius 1 is 1.18 bits per heavy atom. The maximum atomic E-state index is 4.16. The van der Waals surface area contributed by atoms with Crippen LogP contribution in [0.4, 0.5) is 0 Å². The molecule has 1 nitrogen and oxygen atoms in total. The van der Waals surface area contributed by atoms with Crippen LogP contribution in [0.1, 0.15) is 28.7 Å². The number of aromatic nitrogens is 1. The van der Waals surface area contributed by atoms with E-state index < -0.39 is 0 Å². The fraction of sp³-hybridized carbons (Fsp3) is 0.188. The Kier molecular flexibility index (Phi) is 2.52. The summed E-state index contributed by atoms with van der Waals surface area (Å²) in [6.45, 7) is 2.15. The summed E-state index contributed by atoms with van der Waals surface area (Å²) in [5.41, 5.74) is 6.87. The molecule has 1 aromatic heterocycles. The smallest absolute Gasteiger partial charge is 0.0340 e. The van der Waals surface area contributed by atoms with Gasteiger partial charge in [0, 0.05) is 12.4 Å².